The van der Waals surface area contributed by atoms with Gasteiger partial charge in [-0.3, -0.25) is 0 Å². The molecule has 0 N–H and O–H groups in total. The van der Waals surface area contributed by atoms with Crippen molar-refractivity contribution in [3.05, 3.63) is 0 Å². The van der Waals surface area contributed by atoms with E-state index in [2.05, 4.69) is 80.0 Å². The van der Waals surface area contributed by atoms with Crippen LogP contribution in [-0.2, 0) is 21.1 Å². The van der Waals surface area contributed by atoms with Crippen molar-refractivity contribution >= 4 is 31.7 Å². The molecule has 0 aromatic heterocycles. The monoisotopic (exact) mass is 402 g/mol. The fourth-order valence-corrected chi connectivity index (χ4v) is 0. The Hall–Kier alpha value is 2.41. The molecule has 0 aliphatic rings. The predicted octanol–water partition coefficient (Wildman–Crippen LogP) is 5.43. The minimum atomic E-state index is 0. The van der Waals surface area contributed by atoms with Gasteiger partial charge in [0.1, 0.15) is 0 Å². The first-order chi connectivity index (χ1) is 6.93. The molecule has 0 atom stereocenters. The largest absolute Gasteiger partial charge is 0.116 e. The maximum absolute atomic E-state index is 2.23. The van der Waals surface area contributed by atoms with E-state index in [9.17, 15) is 0 Å². The van der Waals surface area contributed by atoms with Gasteiger partial charge in [-0.05, 0) is 80.0 Å². The second-order valence-corrected chi connectivity index (χ2v) is 16.1. The minimum absolute atomic E-state index is 0. The third kappa shape index (κ3) is 855. The second kappa shape index (κ2) is 26.9. The van der Waals surface area contributed by atoms with Gasteiger partial charge in [-0.25, -0.2) is 0 Å². The molecule has 0 rings (SSSR count). The van der Waals surface area contributed by atoms with Crippen LogP contribution in [-0.4, -0.2) is 80.0 Å². The van der Waals surface area contributed by atoms with Crippen LogP contribution < -0.4 is 0 Å². The van der Waals surface area contributed by atoms with E-state index in [-0.39, 0.29) is 21.1 Å². The van der Waals surface area contributed by atoms with Crippen molar-refractivity contribution in [1.29, 1.82) is 0 Å². The van der Waals surface area contributed by atoms with Gasteiger partial charge in [0.05, 0.1) is 0 Å². The molecule has 0 saturated heterocycles. The molecule has 0 saturated carbocycles. The fraction of sp³-hybridized carbons (Fsp3) is 1.00. The molecule has 0 amide bonds. The van der Waals surface area contributed by atoms with Gasteiger partial charge in [0.2, 0.25) is 0 Å². The molecule has 0 aliphatic carbocycles. The average Bonchev–Trinajstić information content (AvgIpc) is 1.76. The van der Waals surface area contributed by atoms with Crippen molar-refractivity contribution in [2.24, 2.45) is 0 Å². The molecule has 0 spiro atoms. The molecule has 17 heavy (non-hydrogen) atoms. The second-order valence-electron chi connectivity index (χ2n) is 5.37. The molecule has 5 heteroatoms. The Bertz CT molecular complexity index is 61.5. The minimum Gasteiger partial charge on any atom is -0.116 e. The summed E-state index contributed by atoms with van der Waals surface area (Å²) in [6, 6.07) is 0. The molecule has 0 aromatic carbocycles. The number of hydrogen-bond donors (Lipinski definition) is 0. The quantitative estimate of drug-likeness (QED) is 0.376. The predicted molar refractivity (Wildman–Crippen MR) is 98.8 cm³/mol. The molecule has 0 nitrogen and oxygen atoms in total. The summed E-state index contributed by atoms with van der Waals surface area (Å²) in [4.78, 5) is 0. The van der Waals surface area contributed by atoms with Crippen LogP contribution in [0.5, 0.6) is 0 Å². The van der Waals surface area contributed by atoms with Crippen molar-refractivity contribution in [1.82, 2.24) is 0 Å². The first-order valence-corrected chi connectivity index (χ1v) is 16.1. The molecular formula is C12H36MoP4. The van der Waals surface area contributed by atoms with Gasteiger partial charge in [-0.2, -0.15) is 0 Å². The van der Waals surface area contributed by atoms with Crippen LogP contribution >= 0.6 is 31.7 Å². The van der Waals surface area contributed by atoms with Crippen LogP contribution in [0.1, 0.15) is 0 Å². The topological polar surface area (TPSA) is 0 Å². The zero-order valence-electron chi connectivity index (χ0n) is 14.2. The van der Waals surface area contributed by atoms with E-state index in [0.717, 1.165) is 0 Å². The van der Waals surface area contributed by atoms with E-state index >= 15 is 0 Å². The normalized spacial score (nSPS) is 8.47. The smallest absolute Gasteiger partial charge is 0 e. The summed E-state index contributed by atoms with van der Waals surface area (Å²) in [5, 5.41) is 0. The van der Waals surface area contributed by atoms with Crippen molar-refractivity contribution in [2.45, 2.75) is 0 Å². The van der Waals surface area contributed by atoms with Crippen molar-refractivity contribution < 1.29 is 21.1 Å². The molecular weight excluding hydrogens is 364 g/mol. The van der Waals surface area contributed by atoms with E-state index in [1.54, 1.807) is 0 Å². The Morgan fingerprint density at radius 2 is 0.294 bits per heavy atom. The summed E-state index contributed by atoms with van der Waals surface area (Å²) in [5.74, 6) is 0. The molecule has 110 valence electrons. The van der Waals surface area contributed by atoms with Gasteiger partial charge in [-0.15, -0.1) is 31.7 Å². The van der Waals surface area contributed by atoms with Crippen LogP contribution in [0.15, 0.2) is 0 Å². The zero-order valence-corrected chi connectivity index (χ0v) is 19.8. The molecule has 0 heterocycles. The molecule has 0 aromatic rings. The van der Waals surface area contributed by atoms with E-state index in [1.165, 1.54) is 0 Å². The zero-order chi connectivity index (χ0) is 14.3. The summed E-state index contributed by atoms with van der Waals surface area (Å²) in [6.07, 6.45) is 0. The van der Waals surface area contributed by atoms with Crippen LogP contribution in [0.4, 0.5) is 0 Å². The van der Waals surface area contributed by atoms with Crippen molar-refractivity contribution in [3.63, 3.8) is 0 Å². The van der Waals surface area contributed by atoms with Crippen LogP contribution in [0, 0.1) is 0 Å². The van der Waals surface area contributed by atoms with Crippen molar-refractivity contribution in [2.75, 3.05) is 80.0 Å². The maximum Gasteiger partial charge on any atom is 0 e. The van der Waals surface area contributed by atoms with Crippen LogP contribution in [0.25, 0.3) is 0 Å². The van der Waals surface area contributed by atoms with Gasteiger partial charge >= 0.3 is 0 Å². The molecule has 0 radical (unpaired) electrons. The third-order valence-electron chi connectivity index (χ3n) is 0. The average molecular weight is 400 g/mol. The molecule has 0 aliphatic heterocycles. The number of hydrogen-bond acceptors (Lipinski definition) is 0. The Labute approximate surface area is 132 Å². The van der Waals surface area contributed by atoms with E-state index in [4.69, 9.17) is 0 Å². The van der Waals surface area contributed by atoms with E-state index in [0.29, 0.717) is 31.7 Å². The van der Waals surface area contributed by atoms with Crippen molar-refractivity contribution in [3.8, 4) is 0 Å². The summed E-state index contributed by atoms with van der Waals surface area (Å²) >= 11 is 0. The van der Waals surface area contributed by atoms with E-state index in [1.807, 2.05) is 0 Å². The molecule has 0 bridgehead atoms. The first-order valence-electron chi connectivity index (χ1n) is 5.37. The number of rotatable bonds is 0. The Morgan fingerprint density at radius 3 is 0.294 bits per heavy atom. The van der Waals surface area contributed by atoms with Crippen LogP contribution in [0.3, 0.4) is 0 Å². The van der Waals surface area contributed by atoms with Gasteiger partial charge in [0, 0.05) is 21.1 Å². The van der Waals surface area contributed by atoms with Gasteiger partial charge < -0.3 is 0 Å². The Balaban J connectivity index is -0.0000000369. The fourth-order valence-electron chi connectivity index (χ4n) is 0. The van der Waals surface area contributed by atoms with Crippen LogP contribution in [0.2, 0.25) is 0 Å². The Morgan fingerprint density at radius 1 is 0.294 bits per heavy atom. The summed E-state index contributed by atoms with van der Waals surface area (Å²) in [6.45, 7) is 26.8. The van der Waals surface area contributed by atoms with E-state index < -0.39 is 0 Å². The summed E-state index contributed by atoms with van der Waals surface area (Å²) in [7, 11) is 1.52. The van der Waals surface area contributed by atoms with Gasteiger partial charge in [-0.1, -0.05) is 0 Å². The third-order valence-corrected chi connectivity index (χ3v) is 0. The Kier molecular flexibility index (Phi) is 50.1. The maximum atomic E-state index is 2.23. The van der Waals surface area contributed by atoms with Gasteiger partial charge in [0.25, 0.3) is 0 Å². The SMILES string of the molecule is CP(C)C.CP(C)C.CP(C)C.CP(C)C.[Mo]. The summed E-state index contributed by atoms with van der Waals surface area (Å²) in [5.41, 5.74) is 0. The molecule has 0 fully saturated rings. The first kappa shape index (κ1) is 31.7. The standard InChI is InChI=1S/4C3H9P.Mo/c4*1-4(2)3;/h4*1-3H3;. The molecule has 0 unspecified atom stereocenters. The summed E-state index contributed by atoms with van der Waals surface area (Å²) < 4.78 is 0. The van der Waals surface area contributed by atoms with Gasteiger partial charge in [0.15, 0.2) is 0 Å².